The van der Waals surface area contributed by atoms with Crippen LogP contribution in [0.1, 0.15) is 43.7 Å². The van der Waals surface area contributed by atoms with Crippen molar-refractivity contribution in [2.24, 2.45) is 11.7 Å². The van der Waals surface area contributed by atoms with Crippen molar-refractivity contribution in [2.75, 3.05) is 6.61 Å². The molecular formula is C18H28N2O3. The Morgan fingerprint density at radius 1 is 1.39 bits per heavy atom. The number of carbonyl (C=O) groups is 1. The number of benzene rings is 1. The van der Waals surface area contributed by atoms with Gasteiger partial charge in [-0.2, -0.15) is 0 Å². The normalized spacial score (nSPS) is 24.4. The lowest BCUT2D eigenvalue weighted by atomic mass is 9.83. The molecule has 1 amide bonds. The van der Waals surface area contributed by atoms with Crippen molar-refractivity contribution < 1.29 is 14.6 Å². The minimum absolute atomic E-state index is 0.0123. The molecule has 1 fully saturated rings. The van der Waals surface area contributed by atoms with Crippen molar-refractivity contribution in [2.45, 2.75) is 57.9 Å². The van der Waals surface area contributed by atoms with Crippen LogP contribution < -0.4 is 11.1 Å². The third-order valence-electron chi connectivity index (χ3n) is 4.38. The van der Waals surface area contributed by atoms with Gasteiger partial charge in [0.1, 0.15) is 0 Å². The summed E-state index contributed by atoms with van der Waals surface area (Å²) in [5.41, 5.74) is 8.01. The summed E-state index contributed by atoms with van der Waals surface area (Å²) in [5, 5.41) is 12.1. The minimum atomic E-state index is -0.0660. The molecule has 0 bridgehead atoms. The summed E-state index contributed by atoms with van der Waals surface area (Å²) < 4.78 is 5.75. The summed E-state index contributed by atoms with van der Waals surface area (Å²) >= 11 is 0. The highest BCUT2D eigenvalue weighted by Crippen LogP contribution is 2.26. The van der Waals surface area contributed by atoms with E-state index < -0.39 is 0 Å². The van der Waals surface area contributed by atoms with Gasteiger partial charge in [0.2, 0.25) is 5.91 Å². The Labute approximate surface area is 138 Å². The topological polar surface area (TPSA) is 84.6 Å². The van der Waals surface area contributed by atoms with E-state index in [-0.39, 0.29) is 30.6 Å². The molecule has 1 saturated carbocycles. The van der Waals surface area contributed by atoms with Crippen molar-refractivity contribution in [3.63, 3.8) is 0 Å². The molecule has 0 spiro atoms. The highest BCUT2D eigenvalue weighted by Gasteiger charge is 2.32. The van der Waals surface area contributed by atoms with E-state index in [0.717, 1.165) is 37.0 Å². The molecule has 5 heteroatoms. The molecule has 1 aromatic rings. The zero-order chi connectivity index (χ0) is 16.7. The first-order valence-corrected chi connectivity index (χ1v) is 8.47. The van der Waals surface area contributed by atoms with E-state index in [4.69, 9.17) is 15.6 Å². The third kappa shape index (κ3) is 5.30. The zero-order valence-electron chi connectivity index (χ0n) is 13.8. The molecule has 1 aliphatic rings. The van der Waals surface area contributed by atoms with Crippen molar-refractivity contribution in [3.05, 3.63) is 35.4 Å². The van der Waals surface area contributed by atoms with Crippen molar-refractivity contribution in [1.82, 2.24) is 5.32 Å². The number of nitrogens with one attached hydrogen (secondary N) is 1. The van der Waals surface area contributed by atoms with Gasteiger partial charge in [0, 0.05) is 25.1 Å². The largest absolute Gasteiger partial charge is 0.392 e. The maximum atomic E-state index is 12.3. The predicted octanol–water partition coefficient (Wildman–Crippen LogP) is 1.72. The molecular weight excluding hydrogens is 292 g/mol. The van der Waals surface area contributed by atoms with E-state index in [1.165, 1.54) is 0 Å². The Bertz CT molecular complexity index is 507. The van der Waals surface area contributed by atoms with Crippen LogP contribution in [-0.2, 0) is 22.7 Å². The maximum absolute atomic E-state index is 12.3. The van der Waals surface area contributed by atoms with Crippen molar-refractivity contribution >= 4 is 5.91 Å². The lowest BCUT2D eigenvalue weighted by Crippen LogP contribution is -2.46. The summed E-state index contributed by atoms with van der Waals surface area (Å²) in [6.07, 6.45) is 3.42. The van der Waals surface area contributed by atoms with Gasteiger partial charge in [0.05, 0.1) is 12.7 Å². The highest BCUT2D eigenvalue weighted by molar-refractivity contribution is 5.78. The summed E-state index contributed by atoms with van der Waals surface area (Å²) in [4.78, 5) is 12.3. The number of aliphatic hydroxyl groups excluding tert-OH is 1. The number of rotatable bonds is 7. The Balaban J connectivity index is 1.80. The van der Waals surface area contributed by atoms with Crippen LogP contribution >= 0.6 is 0 Å². The number of aliphatic hydroxyl groups is 1. The van der Waals surface area contributed by atoms with E-state index in [1.807, 2.05) is 24.3 Å². The van der Waals surface area contributed by atoms with E-state index in [2.05, 4.69) is 12.2 Å². The molecule has 0 aromatic heterocycles. The molecule has 1 aromatic carbocycles. The first kappa shape index (κ1) is 17.9. The predicted molar refractivity (Wildman–Crippen MR) is 89.6 cm³/mol. The van der Waals surface area contributed by atoms with Crippen LogP contribution in [0.2, 0.25) is 0 Å². The van der Waals surface area contributed by atoms with E-state index in [0.29, 0.717) is 13.0 Å². The number of amides is 1. The van der Waals surface area contributed by atoms with Gasteiger partial charge >= 0.3 is 0 Å². The Morgan fingerprint density at radius 2 is 2.17 bits per heavy atom. The third-order valence-corrected chi connectivity index (χ3v) is 4.38. The molecule has 1 aliphatic carbocycles. The number of nitrogens with two attached hydrogens (primary N) is 1. The molecule has 4 N–H and O–H groups in total. The monoisotopic (exact) mass is 320 g/mol. The van der Waals surface area contributed by atoms with Crippen LogP contribution in [0.4, 0.5) is 0 Å². The van der Waals surface area contributed by atoms with E-state index in [9.17, 15) is 4.79 Å². The number of hydrogen-bond acceptors (Lipinski definition) is 4. The van der Waals surface area contributed by atoms with Gasteiger partial charge in [-0.1, -0.05) is 31.2 Å². The first-order chi connectivity index (χ1) is 11.1. The number of hydrogen-bond donors (Lipinski definition) is 3. The average molecular weight is 320 g/mol. The van der Waals surface area contributed by atoms with Crippen LogP contribution in [0.5, 0.6) is 0 Å². The second kappa shape index (κ2) is 9.01. The molecule has 0 unspecified atom stereocenters. The van der Waals surface area contributed by atoms with Crippen LogP contribution in [0.3, 0.4) is 0 Å². The lowest BCUT2D eigenvalue weighted by Gasteiger charge is -2.33. The standard InChI is InChI=1S/C18H28N2O3/c1-2-8-23-17-7-6-15(10-16(17)19)18(22)20-11-13-4-3-5-14(9-13)12-21/h3-5,9,15-17,21H,2,6-8,10-12,19H2,1H3,(H,20,22)/t15-,16+,17+/m0/s1. The summed E-state index contributed by atoms with van der Waals surface area (Å²) in [7, 11) is 0. The fraction of sp³-hybridized carbons (Fsp3) is 0.611. The average Bonchev–Trinajstić information content (AvgIpc) is 2.58. The second-order valence-corrected chi connectivity index (χ2v) is 6.28. The molecule has 0 saturated heterocycles. The second-order valence-electron chi connectivity index (χ2n) is 6.28. The minimum Gasteiger partial charge on any atom is -0.392 e. The van der Waals surface area contributed by atoms with Crippen LogP contribution in [-0.4, -0.2) is 29.8 Å². The van der Waals surface area contributed by atoms with Crippen LogP contribution in [0, 0.1) is 5.92 Å². The molecule has 128 valence electrons. The molecule has 0 aliphatic heterocycles. The molecule has 2 rings (SSSR count). The molecule has 3 atom stereocenters. The van der Waals surface area contributed by atoms with Gasteiger partial charge in [-0.25, -0.2) is 0 Å². The summed E-state index contributed by atoms with van der Waals surface area (Å²) in [6, 6.07) is 7.53. The molecule has 5 nitrogen and oxygen atoms in total. The lowest BCUT2D eigenvalue weighted by molar-refractivity contribution is -0.127. The van der Waals surface area contributed by atoms with Crippen molar-refractivity contribution in [1.29, 1.82) is 0 Å². The summed E-state index contributed by atoms with van der Waals surface area (Å²) in [5.74, 6) is 0.0243. The van der Waals surface area contributed by atoms with Gasteiger partial charge in [-0.3, -0.25) is 4.79 Å². The fourth-order valence-electron chi connectivity index (χ4n) is 3.06. The molecule has 0 heterocycles. The summed E-state index contributed by atoms with van der Waals surface area (Å²) in [6.45, 7) is 3.30. The maximum Gasteiger partial charge on any atom is 0.223 e. The van der Waals surface area contributed by atoms with Gasteiger partial charge in [0.15, 0.2) is 0 Å². The van der Waals surface area contributed by atoms with Gasteiger partial charge in [-0.15, -0.1) is 0 Å². The van der Waals surface area contributed by atoms with E-state index >= 15 is 0 Å². The van der Waals surface area contributed by atoms with Gasteiger partial charge < -0.3 is 20.9 Å². The number of ether oxygens (including phenoxy) is 1. The fourth-order valence-corrected chi connectivity index (χ4v) is 3.06. The Kier molecular flexibility index (Phi) is 7.02. The Hall–Kier alpha value is -1.43. The molecule has 23 heavy (non-hydrogen) atoms. The number of carbonyl (C=O) groups excluding carboxylic acids is 1. The van der Waals surface area contributed by atoms with Crippen LogP contribution in [0.15, 0.2) is 24.3 Å². The van der Waals surface area contributed by atoms with E-state index in [1.54, 1.807) is 0 Å². The highest BCUT2D eigenvalue weighted by atomic mass is 16.5. The van der Waals surface area contributed by atoms with Gasteiger partial charge in [0.25, 0.3) is 0 Å². The van der Waals surface area contributed by atoms with Crippen LogP contribution in [0.25, 0.3) is 0 Å². The van der Waals surface area contributed by atoms with Crippen molar-refractivity contribution in [3.8, 4) is 0 Å². The molecule has 0 radical (unpaired) electrons. The van der Waals surface area contributed by atoms with Gasteiger partial charge in [-0.05, 0) is 36.8 Å². The first-order valence-electron chi connectivity index (χ1n) is 8.47. The SMILES string of the molecule is CCCO[C@@H]1CC[C@H](C(=O)NCc2cccc(CO)c2)C[C@H]1N. The Morgan fingerprint density at radius 3 is 2.87 bits per heavy atom. The smallest absolute Gasteiger partial charge is 0.223 e. The quantitative estimate of drug-likeness (QED) is 0.714. The zero-order valence-corrected chi connectivity index (χ0v) is 13.8.